The van der Waals surface area contributed by atoms with Crippen LogP contribution in [0.25, 0.3) is 0 Å². The van der Waals surface area contributed by atoms with Crippen molar-refractivity contribution < 1.29 is 31.2 Å². The van der Waals surface area contributed by atoms with E-state index in [4.69, 9.17) is 18.1 Å². The van der Waals surface area contributed by atoms with Crippen molar-refractivity contribution in [2.75, 3.05) is 0 Å². The predicted molar refractivity (Wildman–Crippen MR) is 53.0 cm³/mol. The van der Waals surface area contributed by atoms with Crippen molar-refractivity contribution in [1.29, 1.82) is 0 Å². The minimum absolute atomic E-state index is 0.232. The number of benzene rings is 1. The van der Waals surface area contributed by atoms with Gasteiger partial charge in [-0.1, -0.05) is 12.1 Å². The van der Waals surface area contributed by atoms with E-state index in [1.807, 2.05) is 6.07 Å². The summed E-state index contributed by atoms with van der Waals surface area (Å²) in [5, 5.41) is 8.84. The zero-order valence-corrected chi connectivity index (χ0v) is 9.22. The standard InChI is InChI=1S/C6H6OS.CHF3O3S/c7-5-3-1-2-4-6(5)8;2-1(3,4)8(5,6)7/h1-4,7-8H;(H,5,6,7). The van der Waals surface area contributed by atoms with Gasteiger partial charge < -0.3 is 5.11 Å². The Morgan fingerprint density at radius 1 is 1.19 bits per heavy atom. The maximum Gasteiger partial charge on any atom is 0.522 e. The molecule has 1 rings (SSSR count). The van der Waals surface area contributed by atoms with Crippen molar-refractivity contribution in [2.24, 2.45) is 0 Å². The Labute approximate surface area is 94.9 Å². The van der Waals surface area contributed by atoms with E-state index in [0.29, 0.717) is 4.90 Å². The molecule has 0 saturated heterocycles. The number of phenols is 1. The zero-order chi connectivity index (χ0) is 13.0. The Hall–Kier alpha value is -0.930. The molecule has 92 valence electrons. The summed E-state index contributed by atoms with van der Waals surface area (Å²) in [4.78, 5) is 0.618. The summed E-state index contributed by atoms with van der Waals surface area (Å²) in [6.07, 6.45) is 0. The maximum absolute atomic E-state index is 10.7. The quantitative estimate of drug-likeness (QED) is 0.385. The summed E-state index contributed by atoms with van der Waals surface area (Å²) in [5.74, 6) is 0.232. The lowest BCUT2D eigenvalue weighted by atomic mass is 10.3. The third kappa shape index (κ3) is 5.24. The van der Waals surface area contributed by atoms with E-state index >= 15 is 0 Å². The average molecular weight is 276 g/mol. The van der Waals surface area contributed by atoms with Gasteiger partial charge in [-0.3, -0.25) is 4.55 Å². The van der Waals surface area contributed by atoms with E-state index < -0.39 is 15.6 Å². The van der Waals surface area contributed by atoms with Gasteiger partial charge in [-0.15, -0.1) is 12.6 Å². The van der Waals surface area contributed by atoms with Crippen LogP contribution in [0.5, 0.6) is 5.75 Å². The lowest BCUT2D eigenvalue weighted by Gasteiger charge is -1.97. The molecular weight excluding hydrogens is 269 g/mol. The first-order chi connectivity index (χ1) is 7.05. The van der Waals surface area contributed by atoms with Gasteiger partial charge in [-0.2, -0.15) is 21.6 Å². The van der Waals surface area contributed by atoms with E-state index in [2.05, 4.69) is 12.6 Å². The van der Waals surface area contributed by atoms with Crippen LogP contribution >= 0.6 is 12.6 Å². The third-order valence-electron chi connectivity index (χ3n) is 1.17. The number of thiol groups is 1. The van der Waals surface area contributed by atoms with Gasteiger partial charge in [0.05, 0.1) is 0 Å². The van der Waals surface area contributed by atoms with Crippen LogP contribution in [-0.4, -0.2) is 23.6 Å². The molecule has 1 aromatic carbocycles. The molecule has 2 N–H and O–H groups in total. The minimum atomic E-state index is -5.84. The molecular formula is C7H7F3O4S2. The predicted octanol–water partition coefficient (Wildman–Crippen LogP) is 2.07. The van der Waals surface area contributed by atoms with Crippen molar-refractivity contribution in [3.05, 3.63) is 24.3 Å². The highest BCUT2D eigenvalue weighted by atomic mass is 32.2. The second-order valence-electron chi connectivity index (χ2n) is 2.41. The van der Waals surface area contributed by atoms with Gasteiger partial charge in [0.25, 0.3) is 0 Å². The number of phenolic OH excluding ortho intramolecular Hbond substituents is 1. The SMILES string of the molecule is O=S(=O)(O)C(F)(F)F.Oc1ccccc1S. The Bertz CT molecular complexity index is 420. The van der Waals surface area contributed by atoms with Gasteiger partial charge in [0.15, 0.2) is 0 Å². The molecule has 0 aliphatic carbocycles. The van der Waals surface area contributed by atoms with E-state index in [0.717, 1.165) is 0 Å². The fourth-order valence-electron chi connectivity index (χ4n) is 0.464. The van der Waals surface area contributed by atoms with E-state index in [-0.39, 0.29) is 5.75 Å². The van der Waals surface area contributed by atoms with Crippen molar-refractivity contribution in [3.8, 4) is 5.75 Å². The molecule has 9 heteroatoms. The van der Waals surface area contributed by atoms with Crippen LogP contribution in [-0.2, 0) is 10.1 Å². The van der Waals surface area contributed by atoms with E-state index in [1.54, 1.807) is 18.2 Å². The van der Waals surface area contributed by atoms with Gasteiger partial charge in [0.2, 0.25) is 0 Å². The molecule has 1 aromatic rings. The number of para-hydroxylation sites is 1. The number of hydrogen-bond donors (Lipinski definition) is 3. The van der Waals surface area contributed by atoms with Gasteiger partial charge in [0, 0.05) is 4.90 Å². The van der Waals surface area contributed by atoms with Gasteiger partial charge >= 0.3 is 15.6 Å². The van der Waals surface area contributed by atoms with E-state index in [1.165, 1.54) is 0 Å². The first-order valence-corrected chi connectivity index (χ1v) is 5.45. The highest BCUT2D eigenvalue weighted by Gasteiger charge is 2.44. The molecule has 0 fully saturated rings. The molecule has 0 radical (unpaired) electrons. The van der Waals surface area contributed by atoms with Gasteiger partial charge in [-0.05, 0) is 12.1 Å². The first-order valence-electron chi connectivity index (χ1n) is 3.56. The average Bonchev–Trinajstić information content (AvgIpc) is 2.08. The molecule has 0 aromatic heterocycles. The van der Waals surface area contributed by atoms with Gasteiger partial charge in [0.1, 0.15) is 5.75 Å². The Kier molecular flexibility index (Phi) is 5.10. The Morgan fingerprint density at radius 3 is 1.75 bits per heavy atom. The van der Waals surface area contributed by atoms with Crippen LogP contribution in [0.15, 0.2) is 29.2 Å². The molecule has 0 amide bonds. The van der Waals surface area contributed by atoms with E-state index in [9.17, 15) is 13.2 Å². The van der Waals surface area contributed by atoms with Crippen LogP contribution in [0.1, 0.15) is 0 Å². The fourth-order valence-corrected chi connectivity index (χ4v) is 0.625. The van der Waals surface area contributed by atoms with Crippen LogP contribution in [0.4, 0.5) is 13.2 Å². The number of aromatic hydroxyl groups is 1. The van der Waals surface area contributed by atoms with Crippen molar-refractivity contribution in [3.63, 3.8) is 0 Å². The number of rotatable bonds is 0. The summed E-state index contributed by atoms with van der Waals surface area (Å²) in [5.41, 5.74) is -5.53. The fraction of sp³-hybridized carbons (Fsp3) is 0.143. The normalized spacial score (nSPS) is 11.6. The molecule has 16 heavy (non-hydrogen) atoms. The number of hydrogen-bond acceptors (Lipinski definition) is 4. The van der Waals surface area contributed by atoms with Crippen LogP contribution in [0, 0.1) is 0 Å². The number of alkyl halides is 3. The minimum Gasteiger partial charge on any atom is -0.507 e. The second kappa shape index (κ2) is 5.41. The van der Waals surface area contributed by atoms with Crippen LogP contribution in [0.2, 0.25) is 0 Å². The first kappa shape index (κ1) is 15.1. The monoisotopic (exact) mass is 276 g/mol. The molecule has 0 atom stereocenters. The number of halogens is 3. The molecule has 0 saturated carbocycles. The van der Waals surface area contributed by atoms with Crippen molar-refractivity contribution in [2.45, 2.75) is 10.4 Å². The highest BCUT2D eigenvalue weighted by Crippen LogP contribution is 2.20. The molecule has 0 unspecified atom stereocenters. The largest absolute Gasteiger partial charge is 0.522 e. The summed E-state index contributed by atoms with van der Waals surface area (Å²) in [6.45, 7) is 0. The zero-order valence-electron chi connectivity index (χ0n) is 7.51. The molecule has 0 aliphatic heterocycles. The van der Waals surface area contributed by atoms with Crippen LogP contribution in [0.3, 0.4) is 0 Å². The van der Waals surface area contributed by atoms with Gasteiger partial charge in [-0.25, -0.2) is 0 Å². The lowest BCUT2D eigenvalue weighted by Crippen LogP contribution is -2.21. The second-order valence-corrected chi connectivity index (χ2v) is 4.30. The maximum atomic E-state index is 10.7. The molecule has 0 spiro atoms. The topological polar surface area (TPSA) is 74.6 Å². The van der Waals surface area contributed by atoms with Crippen LogP contribution < -0.4 is 0 Å². The Morgan fingerprint density at radius 2 is 1.56 bits per heavy atom. The lowest BCUT2D eigenvalue weighted by molar-refractivity contribution is -0.0510. The summed E-state index contributed by atoms with van der Waals surface area (Å²) in [7, 11) is -5.84. The molecule has 0 bridgehead atoms. The summed E-state index contributed by atoms with van der Waals surface area (Å²) < 4.78 is 57.5. The Balaban J connectivity index is 0.000000281. The molecule has 4 nitrogen and oxygen atoms in total. The molecule has 0 aliphatic rings. The van der Waals surface area contributed by atoms with Crippen molar-refractivity contribution >= 4 is 22.7 Å². The smallest absolute Gasteiger partial charge is 0.507 e. The summed E-state index contributed by atoms with van der Waals surface area (Å²) >= 11 is 3.95. The third-order valence-corrected chi connectivity index (χ3v) is 2.14. The molecule has 0 heterocycles. The highest BCUT2D eigenvalue weighted by molar-refractivity contribution is 7.86. The summed E-state index contributed by atoms with van der Waals surface area (Å²) in [6, 6.07) is 6.91. The van der Waals surface area contributed by atoms with Crippen molar-refractivity contribution in [1.82, 2.24) is 0 Å².